The summed E-state index contributed by atoms with van der Waals surface area (Å²) in [6.07, 6.45) is 6.11. The highest BCUT2D eigenvalue weighted by Crippen LogP contribution is 2.36. The van der Waals surface area contributed by atoms with Crippen LogP contribution < -0.4 is 10.1 Å². The fourth-order valence-corrected chi connectivity index (χ4v) is 4.02. The van der Waals surface area contributed by atoms with E-state index in [0.717, 1.165) is 35.3 Å². The second kappa shape index (κ2) is 8.68. The number of hydrogen-bond donors (Lipinski definition) is 1. The highest BCUT2D eigenvalue weighted by Gasteiger charge is 2.28. The summed E-state index contributed by atoms with van der Waals surface area (Å²) in [6.45, 7) is 2.38. The lowest BCUT2D eigenvalue weighted by Gasteiger charge is -2.09. The van der Waals surface area contributed by atoms with Gasteiger partial charge in [-0.3, -0.25) is 4.79 Å². The van der Waals surface area contributed by atoms with E-state index in [2.05, 4.69) is 25.8 Å². The molecule has 3 aromatic heterocycles. The van der Waals surface area contributed by atoms with Gasteiger partial charge in [0.2, 0.25) is 0 Å². The van der Waals surface area contributed by atoms with E-state index in [4.69, 9.17) is 4.74 Å². The number of aryl methyl sites for hydroxylation is 1. The number of imidazole rings is 1. The molecule has 1 N–H and O–H groups in total. The maximum absolute atomic E-state index is 12.8. The second-order valence-electron chi connectivity index (χ2n) is 8.68. The number of ether oxygens (including phenoxy) is 1. The molecule has 9 nitrogen and oxygen atoms in total. The number of hydrogen-bond acceptors (Lipinski definition) is 6. The van der Waals surface area contributed by atoms with Gasteiger partial charge in [-0.05, 0) is 78.2 Å². The van der Waals surface area contributed by atoms with Crippen LogP contribution in [0.5, 0.6) is 5.75 Å². The smallest absolute Gasteiger partial charge is 0.255 e. The Morgan fingerprint density at radius 3 is 2.77 bits per heavy atom. The van der Waals surface area contributed by atoms with Crippen LogP contribution in [0, 0.1) is 6.92 Å². The Morgan fingerprint density at radius 2 is 1.97 bits per heavy atom. The third-order valence-electron chi connectivity index (χ3n) is 6.00. The van der Waals surface area contributed by atoms with Crippen LogP contribution in [0.3, 0.4) is 0 Å². The number of fused-ring (bicyclic) bond motifs is 1. The summed E-state index contributed by atoms with van der Waals surface area (Å²) in [7, 11) is 0. The molecule has 0 bridgehead atoms. The second-order valence-corrected chi connectivity index (χ2v) is 8.68. The molecule has 1 fully saturated rings. The van der Waals surface area contributed by atoms with Gasteiger partial charge in [-0.2, -0.15) is 0 Å². The van der Waals surface area contributed by atoms with E-state index in [9.17, 15) is 4.79 Å². The van der Waals surface area contributed by atoms with Gasteiger partial charge in [-0.15, -0.1) is 5.10 Å². The van der Waals surface area contributed by atoms with Crippen molar-refractivity contribution in [3.8, 4) is 17.1 Å². The van der Waals surface area contributed by atoms with Crippen molar-refractivity contribution in [3.05, 3.63) is 89.9 Å². The van der Waals surface area contributed by atoms with Gasteiger partial charge >= 0.3 is 0 Å². The molecule has 2 aromatic carbocycles. The molecule has 9 heteroatoms. The predicted molar refractivity (Wildman–Crippen MR) is 130 cm³/mol. The van der Waals surface area contributed by atoms with E-state index in [1.54, 1.807) is 24.3 Å². The maximum Gasteiger partial charge on any atom is 0.255 e. The first-order valence-corrected chi connectivity index (χ1v) is 11.5. The minimum Gasteiger partial charge on any atom is -0.487 e. The molecule has 0 unspecified atom stereocenters. The maximum atomic E-state index is 12.8. The summed E-state index contributed by atoms with van der Waals surface area (Å²) in [6, 6.07) is 19.0. The van der Waals surface area contributed by atoms with Gasteiger partial charge in [0.05, 0.1) is 11.7 Å². The number of benzene rings is 2. The molecule has 0 atom stereocenters. The molecule has 0 spiro atoms. The zero-order valence-electron chi connectivity index (χ0n) is 19.1. The Hall–Kier alpha value is -4.53. The van der Waals surface area contributed by atoms with Gasteiger partial charge in [-0.1, -0.05) is 18.2 Å². The Bertz CT molecular complexity index is 1520. The summed E-state index contributed by atoms with van der Waals surface area (Å²) >= 11 is 0. The van der Waals surface area contributed by atoms with Crippen LogP contribution in [0.25, 0.3) is 17.0 Å². The Morgan fingerprint density at radius 1 is 1.11 bits per heavy atom. The van der Waals surface area contributed by atoms with Crippen molar-refractivity contribution in [2.75, 3.05) is 5.32 Å². The summed E-state index contributed by atoms with van der Waals surface area (Å²) in [4.78, 5) is 17.4. The van der Waals surface area contributed by atoms with Crippen molar-refractivity contribution < 1.29 is 9.53 Å². The molecule has 0 saturated heterocycles. The first-order valence-electron chi connectivity index (χ1n) is 11.5. The minimum absolute atomic E-state index is 0.202. The summed E-state index contributed by atoms with van der Waals surface area (Å²) in [5.74, 6) is 1.18. The van der Waals surface area contributed by atoms with Crippen molar-refractivity contribution in [2.24, 2.45) is 0 Å². The molecule has 1 amide bonds. The number of nitrogens with zero attached hydrogens (tertiary/aromatic N) is 6. The average Bonchev–Trinajstić information content (AvgIpc) is 3.43. The van der Waals surface area contributed by atoms with Crippen LogP contribution in [0.4, 0.5) is 5.69 Å². The van der Waals surface area contributed by atoms with Crippen molar-refractivity contribution in [1.82, 2.24) is 29.6 Å². The number of amides is 1. The van der Waals surface area contributed by atoms with E-state index in [-0.39, 0.29) is 5.91 Å². The lowest BCUT2D eigenvalue weighted by atomic mass is 10.1. The highest BCUT2D eigenvalue weighted by molar-refractivity contribution is 6.04. The Balaban J connectivity index is 1.11. The molecule has 1 aliphatic rings. The Kier molecular flexibility index (Phi) is 5.21. The van der Waals surface area contributed by atoms with Gasteiger partial charge in [0.15, 0.2) is 5.82 Å². The number of carbonyl (C=O) groups excluding carboxylic acids is 1. The normalized spacial score (nSPS) is 13.2. The topological polar surface area (TPSA) is 99.2 Å². The molecule has 174 valence electrons. The zero-order chi connectivity index (χ0) is 23.8. The Labute approximate surface area is 201 Å². The molecule has 35 heavy (non-hydrogen) atoms. The highest BCUT2D eigenvalue weighted by atomic mass is 16.5. The zero-order valence-corrected chi connectivity index (χ0v) is 19.1. The first-order chi connectivity index (χ1) is 17.1. The number of carbonyl (C=O) groups is 1. The predicted octanol–water partition coefficient (Wildman–Crippen LogP) is 4.46. The fourth-order valence-electron chi connectivity index (χ4n) is 4.02. The van der Waals surface area contributed by atoms with Gasteiger partial charge in [0, 0.05) is 29.2 Å². The molecule has 3 heterocycles. The standard InChI is InChI=1S/C26H23N7O2/c1-17-4-3-13-32-15-21(27-24(17)32)16-35-23-11-7-18(8-12-23)26(34)28-20-6-2-5-19(14-20)25-29-30-31-33(25)22-9-10-22/h2-8,11-15,22H,9-10,16H2,1H3,(H,28,34). The fraction of sp³-hybridized carbons (Fsp3) is 0.192. The summed E-state index contributed by atoms with van der Waals surface area (Å²) < 4.78 is 9.72. The number of tetrazole rings is 1. The first kappa shape index (κ1) is 21.0. The minimum atomic E-state index is -0.202. The van der Waals surface area contributed by atoms with Crippen LogP contribution in [0.1, 0.15) is 40.5 Å². The van der Waals surface area contributed by atoms with Crippen molar-refractivity contribution in [2.45, 2.75) is 32.4 Å². The number of pyridine rings is 1. The van der Waals surface area contributed by atoms with E-state index in [1.807, 2.05) is 64.8 Å². The number of nitrogens with one attached hydrogen (secondary N) is 1. The molecule has 1 saturated carbocycles. The van der Waals surface area contributed by atoms with Crippen LogP contribution in [0.2, 0.25) is 0 Å². The van der Waals surface area contributed by atoms with Gasteiger partial charge in [-0.25, -0.2) is 9.67 Å². The third kappa shape index (κ3) is 4.35. The van der Waals surface area contributed by atoms with Crippen LogP contribution in [-0.2, 0) is 6.61 Å². The molecular formula is C26H23N7O2. The number of rotatable bonds is 7. The SMILES string of the molecule is Cc1cccn2cc(COc3ccc(C(=O)Nc4cccc(-c5nnnn5C5CC5)c4)cc3)nc12. The third-order valence-corrected chi connectivity index (χ3v) is 6.00. The van der Waals surface area contributed by atoms with E-state index >= 15 is 0 Å². The number of anilines is 1. The largest absolute Gasteiger partial charge is 0.487 e. The van der Waals surface area contributed by atoms with E-state index in [1.165, 1.54) is 0 Å². The lowest BCUT2D eigenvalue weighted by Crippen LogP contribution is -2.12. The van der Waals surface area contributed by atoms with E-state index in [0.29, 0.717) is 35.5 Å². The van der Waals surface area contributed by atoms with E-state index < -0.39 is 0 Å². The van der Waals surface area contributed by atoms with Crippen LogP contribution in [0.15, 0.2) is 73.1 Å². The van der Waals surface area contributed by atoms with Gasteiger partial charge < -0.3 is 14.5 Å². The molecule has 5 aromatic rings. The van der Waals surface area contributed by atoms with Crippen molar-refractivity contribution >= 4 is 17.2 Å². The quantitative estimate of drug-likeness (QED) is 0.381. The number of aromatic nitrogens is 6. The van der Waals surface area contributed by atoms with Gasteiger partial charge in [0.1, 0.15) is 18.0 Å². The monoisotopic (exact) mass is 465 g/mol. The average molecular weight is 466 g/mol. The van der Waals surface area contributed by atoms with Crippen LogP contribution >= 0.6 is 0 Å². The van der Waals surface area contributed by atoms with Crippen molar-refractivity contribution in [3.63, 3.8) is 0 Å². The molecular weight excluding hydrogens is 442 g/mol. The molecule has 0 aliphatic heterocycles. The summed E-state index contributed by atoms with van der Waals surface area (Å²) in [5, 5.41) is 15.0. The van der Waals surface area contributed by atoms with Crippen molar-refractivity contribution in [1.29, 1.82) is 0 Å². The molecule has 1 aliphatic carbocycles. The molecule has 0 radical (unpaired) electrons. The van der Waals surface area contributed by atoms with Crippen LogP contribution in [-0.4, -0.2) is 35.5 Å². The summed E-state index contributed by atoms with van der Waals surface area (Å²) in [5.41, 5.74) is 4.96. The van der Waals surface area contributed by atoms with Gasteiger partial charge in [0.25, 0.3) is 5.91 Å². The molecule has 6 rings (SSSR count). The lowest BCUT2D eigenvalue weighted by molar-refractivity contribution is 0.102.